The van der Waals surface area contributed by atoms with Crippen LogP contribution in [0.2, 0.25) is 0 Å². The van der Waals surface area contributed by atoms with Gasteiger partial charge in [0.25, 0.3) is 11.8 Å². The zero-order valence-corrected chi connectivity index (χ0v) is 10.5. The molecule has 1 aliphatic heterocycles. The van der Waals surface area contributed by atoms with E-state index in [9.17, 15) is 9.59 Å². The third-order valence-electron chi connectivity index (χ3n) is 3.73. The number of imide groups is 1. The highest BCUT2D eigenvalue weighted by atomic mass is 16.2. The molecule has 2 amide bonds. The van der Waals surface area contributed by atoms with Gasteiger partial charge in [-0.2, -0.15) is 0 Å². The fourth-order valence-corrected chi connectivity index (χ4v) is 2.55. The Balaban J connectivity index is 2.20. The largest absolute Gasteiger partial charge is 0.382 e. The van der Waals surface area contributed by atoms with E-state index in [1.54, 1.807) is 7.05 Å². The Hall–Kier alpha value is -1.52. The summed E-state index contributed by atoms with van der Waals surface area (Å²) >= 11 is 0. The number of likely N-dealkylation sites (N-methyl/N-ethyl adjacent to an activating group) is 2. The second kappa shape index (κ2) is 4.39. The van der Waals surface area contributed by atoms with Gasteiger partial charge in [-0.15, -0.1) is 0 Å². The van der Waals surface area contributed by atoms with Crippen molar-refractivity contribution in [3.05, 3.63) is 11.4 Å². The summed E-state index contributed by atoms with van der Waals surface area (Å²) in [5, 5.41) is 6.06. The van der Waals surface area contributed by atoms with Crippen LogP contribution in [0, 0.1) is 5.92 Å². The molecule has 2 atom stereocenters. The van der Waals surface area contributed by atoms with Gasteiger partial charge >= 0.3 is 0 Å². The van der Waals surface area contributed by atoms with Gasteiger partial charge in [-0.25, -0.2) is 0 Å². The van der Waals surface area contributed by atoms with E-state index in [-0.39, 0.29) is 11.8 Å². The molecular weight excluding hydrogens is 218 g/mol. The molecule has 0 spiro atoms. The van der Waals surface area contributed by atoms with Crippen LogP contribution >= 0.6 is 0 Å². The van der Waals surface area contributed by atoms with Crippen LogP contribution in [0.4, 0.5) is 0 Å². The first-order valence-corrected chi connectivity index (χ1v) is 6.07. The number of carbonyl (C=O) groups excluding carboxylic acids is 2. The number of rotatable bonds is 3. The lowest BCUT2D eigenvalue weighted by molar-refractivity contribution is -0.136. The van der Waals surface area contributed by atoms with Crippen LogP contribution in [-0.2, 0) is 9.59 Å². The molecule has 94 valence electrons. The molecule has 1 saturated carbocycles. The quantitative estimate of drug-likeness (QED) is 0.688. The van der Waals surface area contributed by atoms with Gasteiger partial charge < -0.3 is 10.6 Å². The molecule has 0 aromatic carbocycles. The van der Waals surface area contributed by atoms with Crippen molar-refractivity contribution in [2.45, 2.75) is 32.2 Å². The van der Waals surface area contributed by atoms with E-state index in [0.29, 0.717) is 23.4 Å². The summed E-state index contributed by atoms with van der Waals surface area (Å²) in [6.07, 6.45) is 3.42. The molecule has 1 heterocycles. The minimum Gasteiger partial charge on any atom is -0.382 e. The molecule has 0 aromatic rings. The molecule has 0 bridgehead atoms. The standard InChI is InChI=1S/C12H19N3O2/c1-7-5-4-6-8(7)14-10-9(13-2)11(16)15(3)12(10)17/h7-8,13-14H,4-6H2,1-3H3/t7-,8?/m0/s1. The molecule has 5 nitrogen and oxygen atoms in total. The lowest BCUT2D eigenvalue weighted by Gasteiger charge is -2.19. The second-order valence-electron chi connectivity index (χ2n) is 4.83. The zero-order chi connectivity index (χ0) is 12.6. The molecule has 17 heavy (non-hydrogen) atoms. The maximum absolute atomic E-state index is 11.9. The highest BCUT2D eigenvalue weighted by Crippen LogP contribution is 2.27. The predicted molar refractivity (Wildman–Crippen MR) is 63.8 cm³/mol. The van der Waals surface area contributed by atoms with Gasteiger partial charge in [-0.3, -0.25) is 14.5 Å². The van der Waals surface area contributed by atoms with Crippen LogP contribution in [-0.4, -0.2) is 36.9 Å². The number of hydrogen-bond acceptors (Lipinski definition) is 4. The number of carbonyl (C=O) groups is 2. The van der Waals surface area contributed by atoms with Crippen molar-refractivity contribution < 1.29 is 9.59 Å². The van der Waals surface area contributed by atoms with Crippen molar-refractivity contribution in [2.24, 2.45) is 5.92 Å². The molecule has 2 N–H and O–H groups in total. The summed E-state index contributed by atoms with van der Waals surface area (Å²) in [6, 6.07) is 0.302. The Morgan fingerprint density at radius 3 is 2.35 bits per heavy atom. The molecule has 1 unspecified atom stereocenters. The molecule has 2 aliphatic rings. The topological polar surface area (TPSA) is 61.4 Å². The average molecular weight is 237 g/mol. The SMILES string of the molecule is CNC1=C(NC2CCC[C@@H]2C)C(=O)N(C)C1=O. The van der Waals surface area contributed by atoms with E-state index in [1.165, 1.54) is 19.9 Å². The minimum atomic E-state index is -0.259. The highest BCUT2D eigenvalue weighted by molar-refractivity contribution is 6.18. The third-order valence-corrected chi connectivity index (χ3v) is 3.73. The highest BCUT2D eigenvalue weighted by Gasteiger charge is 2.37. The summed E-state index contributed by atoms with van der Waals surface area (Å²) in [4.78, 5) is 24.8. The Labute approximate surface area is 101 Å². The Morgan fingerprint density at radius 1 is 1.18 bits per heavy atom. The Bertz CT molecular complexity index is 389. The van der Waals surface area contributed by atoms with Gasteiger partial charge in [0, 0.05) is 20.1 Å². The summed E-state index contributed by atoms with van der Waals surface area (Å²) in [5.41, 5.74) is 0.815. The molecule has 5 heteroatoms. The van der Waals surface area contributed by atoms with Crippen LogP contribution < -0.4 is 10.6 Å². The Morgan fingerprint density at radius 2 is 1.82 bits per heavy atom. The Kier molecular flexibility index (Phi) is 3.09. The van der Waals surface area contributed by atoms with Crippen molar-refractivity contribution in [2.75, 3.05) is 14.1 Å². The molecule has 2 rings (SSSR count). The monoisotopic (exact) mass is 237 g/mol. The molecule has 0 saturated heterocycles. The van der Waals surface area contributed by atoms with Gasteiger partial charge in [0.05, 0.1) is 0 Å². The number of nitrogens with zero attached hydrogens (tertiary/aromatic N) is 1. The van der Waals surface area contributed by atoms with Crippen molar-refractivity contribution in [3.8, 4) is 0 Å². The fourth-order valence-electron chi connectivity index (χ4n) is 2.55. The zero-order valence-electron chi connectivity index (χ0n) is 10.5. The first-order valence-electron chi connectivity index (χ1n) is 6.07. The predicted octanol–water partition coefficient (Wildman–Crippen LogP) is 0.194. The van der Waals surface area contributed by atoms with E-state index in [0.717, 1.165) is 11.3 Å². The van der Waals surface area contributed by atoms with E-state index in [1.807, 2.05) is 0 Å². The van der Waals surface area contributed by atoms with Crippen LogP contribution in [0.3, 0.4) is 0 Å². The van der Waals surface area contributed by atoms with Gasteiger partial charge in [0.15, 0.2) is 0 Å². The van der Waals surface area contributed by atoms with Crippen LogP contribution in [0.25, 0.3) is 0 Å². The molecule has 1 aliphatic carbocycles. The van der Waals surface area contributed by atoms with Gasteiger partial charge in [-0.05, 0) is 18.8 Å². The summed E-state index contributed by atoms with van der Waals surface area (Å²) in [5.74, 6) is 0.0542. The fraction of sp³-hybridized carbons (Fsp3) is 0.667. The van der Waals surface area contributed by atoms with E-state index >= 15 is 0 Å². The summed E-state index contributed by atoms with van der Waals surface area (Å²) < 4.78 is 0. The van der Waals surface area contributed by atoms with Crippen molar-refractivity contribution in [1.82, 2.24) is 15.5 Å². The van der Waals surface area contributed by atoms with Gasteiger partial charge in [0.1, 0.15) is 11.4 Å². The third kappa shape index (κ3) is 1.90. The van der Waals surface area contributed by atoms with E-state index in [4.69, 9.17) is 0 Å². The molecule has 0 aromatic heterocycles. The smallest absolute Gasteiger partial charge is 0.278 e. The van der Waals surface area contributed by atoms with Crippen LogP contribution in [0.5, 0.6) is 0 Å². The molecule has 0 radical (unpaired) electrons. The minimum absolute atomic E-state index is 0.238. The first-order chi connectivity index (χ1) is 8.06. The normalized spacial score (nSPS) is 29.2. The number of amides is 2. The van der Waals surface area contributed by atoms with E-state index < -0.39 is 0 Å². The van der Waals surface area contributed by atoms with Crippen LogP contribution in [0.15, 0.2) is 11.4 Å². The van der Waals surface area contributed by atoms with Gasteiger partial charge in [0.2, 0.25) is 0 Å². The van der Waals surface area contributed by atoms with Crippen molar-refractivity contribution in [3.63, 3.8) is 0 Å². The number of nitrogens with one attached hydrogen (secondary N) is 2. The maximum atomic E-state index is 11.9. The summed E-state index contributed by atoms with van der Waals surface area (Å²) in [6.45, 7) is 2.18. The lowest BCUT2D eigenvalue weighted by Crippen LogP contribution is -2.36. The number of hydrogen-bond donors (Lipinski definition) is 2. The average Bonchev–Trinajstić information content (AvgIpc) is 2.79. The van der Waals surface area contributed by atoms with Crippen molar-refractivity contribution >= 4 is 11.8 Å². The van der Waals surface area contributed by atoms with Crippen molar-refractivity contribution in [1.29, 1.82) is 0 Å². The maximum Gasteiger partial charge on any atom is 0.278 e. The molecular formula is C12H19N3O2. The van der Waals surface area contributed by atoms with Crippen LogP contribution in [0.1, 0.15) is 26.2 Å². The van der Waals surface area contributed by atoms with E-state index in [2.05, 4.69) is 17.6 Å². The molecule has 1 fully saturated rings. The second-order valence-corrected chi connectivity index (χ2v) is 4.83. The lowest BCUT2D eigenvalue weighted by atomic mass is 10.1. The first kappa shape index (κ1) is 12.0. The summed E-state index contributed by atoms with van der Waals surface area (Å²) in [7, 11) is 3.17. The van der Waals surface area contributed by atoms with Gasteiger partial charge in [-0.1, -0.05) is 13.3 Å².